The average molecular weight is 198 g/mol. The van der Waals surface area contributed by atoms with Crippen LogP contribution in [0.3, 0.4) is 0 Å². The smallest absolute Gasteiger partial charge is 0.0593 e. The molecule has 0 bridgehead atoms. The van der Waals surface area contributed by atoms with E-state index in [9.17, 15) is 5.11 Å². The van der Waals surface area contributed by atoms with Crippen LogP contribution in [0.2, 0.25) is 0 Å². The summed E-state index contributed by atoms with van der Waals surface area (Å²) in [5.74, 6) is 1.62. The molecule has 1 N–H and O–H groups in total. The summed E-state index contributed by atoms with van der Waals surface area (Å²) in [7, 11) is 0. The molecule has 0 heterocycles. The predicted molar refractivity (Wildman–Crippen MR) is 61.2 cm³/mol. The SMILES string of the molecule is CCCC(O)[C@]1(C)CCC(C(C)C)C1. The highest BCUT2D eigenvalue weighted by Gasteiger charge is 2.40. The average Bonchev–Trinajstić information content (AvgIpc) is 2.50. The molecule has 0 amide bonds. The third kappa shape index (κ3) is 2.50. The molecule has 14 heavy (non-hydrogen) atoms. The molecule has 1 heteroatoms. The molecule has 0 aromatic heterocycles. The van der Waals surface area contributed by atoms with Crippen LogP contribution < -0.4 is 0 Å². The van der Waals surface area contributed by atoms with Gasteiger partial charge in [0.1, 0.15) is 0 Å². The molecule has 0 aliphatic heterocycles. The molecule has 1 rings (SSSR count). The van der Waals surface area contributed by atoms with Crippen LogP contribution in [0.4, 0.5) is 0 Å². The summed E-state index contributed by atoms with van der Waals surface area (Å²) in [6.45, 7) is 9.04. The zero-order valence-electron chi connectivity index (χ0n) is 10.2. The van der Waals surface area contributed by atoms with Gasteiger partial charge in [0, 0.05) is 0 Å². The van der Waals surface area contributed by atoms with Gasteiger partial charge in [-0.1, -0.05) is 34.1 Å². The maximum atomic E-state index is 10.1. The Morgan fingerprint density at radius 1 is 1.43 bits per heavy atom. The molecule has 1 aliphatic carbocycles. The highest BCUT2D eigenvalue weighted by Crippen LogP contribution is 2.47. The Hall–Kier alpha value is -0.0400. The minimum absolute atomic E-state index is 0.0729. The lowest BCUT2D eigenvalue weighted by atomic mass is 9.79. The van der Waals surface area contributed by atoms with Crippen molar-refractivity contribution in [3.63, 3.8) is 0 Å². The van der Waals surface area contributed by atoms with Gasteiger partial charge in [0.25, 0.3) is 0 Å². The Kier molecular flexibility index (Phi) is 4.00. The van der Waals surface area contributed by atoms with Crippen LogP contribution in [0, 0.1) is 17.3 Å². The van der Waals surface area contributed by atoms with Crippen LogP contribution in [0.25, 0.3) is 0 Å². The van der Waals surface area contributed by atoms with Crippen LogP contribution in [0.1, 0.15) is 59.8 Å². The summed E-state index contributed by atoms with van der Waals surface area (Å²) in [5.41, 5.74) is 0.213. The number of aliphatic hydroxyl groups excluding tert-OH is 1. The van der Waals surface area contributed by atoms with Crippen LogP contribution >= 0.6 is 0 Å². The van der Waals surface area contributed by atoms with Crippen molar-refractivity contribution in [1.29, 1.82) is 0 Å². The van der Waals surface area contributed by atoms with Crippen molar-refractivity contribution in [2.75, 3.05) is 0 Å². The fraction of sp³-hybridized carbons (Fsp3) is 1.00. The maximum absolute atomic E-state index is 10.1. The van der Waals surface area contributed by atoms with E-state index in [-0.39, 0.29) is 11.5 Å². The van der Waals surface area contributed by atoms with Crippen molar-refractivity contribution in [3.8, 4) is 0 Å². The van der Waals surface area contributed by atoms with Crippen molar-refractivity contribution < 1.29 is 5.11 Å². The molecule has 1 saturated carbocycles. The number of aliphatic hydroxyl groups is 1. The Bertz CT molecular complexity index is 176. The third-order valence-corrected chi connectivity index (χ3v) is 4.12. The van der Waals surface area contributed by atoms with Crippen LogP contribution in [0.5, 0.6) is 0 Å². The van der Waals surface area contributed by atoms with E-state index in [1.807, 2.05) is 0 Å². The molecule has 2 unspecified atom stereocenters. The second-order valence-electron chi connectivity index (χ2n) is 5.71. The molecular formula is C13H26O. The minimum Gasteiger partial charge on any atom is -0.393 e. The standard InChI is InChI=1S/C13H26O/c1-5-6-12(14)13(4)8-7-11(9-13)10(2)3/h10-12,14H,5-9H2,1-4H3/t11?,12?,13-/m1/s1. The van der Waals surface area contributed by atoms with Gasteiger partial charge in [-0.25, -0.2) is 0 Å². The van der Waals surface area contributed by atoms with Gasteiger partial charge < -0.3 is 5.11 Å². The van der Waals surface area contributed by atoms with Gasteiger partial charge in [-0.05, 0) is 42.9 Å². The number of rotatable bonds is 4. The molecule has 1 fully saturated rings. The molecule has 0 aromatic carbocycles. The summed E-state index contributed by atoms with van der Waals surface area (Å²) in [6.07, 6.45) is 5.76. The van der Waals surface area contributed by atoms with E-state index in [0.29, 0.717) is 0 Å². The highest BCUT2D eigenvalue weighted by molar-refractivity contribution is 4.91. The van der Waals surface area contributed by atoms with Gasteiger partial charge in [-0.3, -0.25) is 0 Å². The Morgan fingerprint density at radius 3 is 2.50 bits per heavy atom. The normalized spacial score (nSPS) is 35.1. The van der Waals surface area contributed by atoms with Gasteiger partial charge in [0.15, 0.2) is 0 Å². The molecule has 3 atom stereocenters. The second-order valence-corrected chi connectivity index (χ2v) is 5.71. The minimum atomic E-state index is -0.0729. The first kappa shape index (κ1) is 12.0. The predicted octanol–water partition coefficient (Wildman–Crippen LogP) is 3.61. The van der Waals surface area contributed by atoms with Crippen LogP contribution in [-0.2, 0) is 0 Å². The van der Waals surface area contributed by atoms with Crippen molar-refractivity contribution in [2.45, 2.75) is 65.9 Å². The molecule has 0 saturated heterocycles. The molecule has 0 radical (unpaired) electrons. The van der Waals surface area contributed by atoms with E-state index >= 15 is 0 Å². The van der Waals surface area contributed by atoms with Crippen LogP contribution in [0.15, 0.2) is 0 Å². The van der Waals surface area contributed by atoms with Gasteiger partial charge in [-0.2, -0.15) is 0 Å². The van der Waals surface area contributed by atoms with E-state index in [0.717, 1.165) is 24.7 Å². The first-order valence-electron chi connectivity index (χ1n) is 6.17. The summed E-state index contributed by atoms with van der Waals surface area (Å²) in [5, 5.41) is 10.1. The quantitative estimate of drug-likeness (QED) is 0.731. The summed E-state index contributed by atoms with van der Waals surface area (Å²) >= 11 is 0. The van der Waals surface area contributed by atoms with Crippen molar-refractivity contribution in [3.05, 3.63) is 0 Å². The lowest BCUT2D eigenvalue weighted by Gasteiger charge is -2.30. The molecule has 0 aromatic rings. The lowest BCUT2D eigenvalue weighted by Crippen LogP contribution is -2.30. The van der Waals surface area contributed by atoms with E-state index in [1.54, 1.807) is 0 Å². The van der Waals surface area contributed by atoms with E-state index in [1.165, 1.54) is 19.3 Å². The molecule has 1 aliphatic rings. The van der Waals surface area contributed by atoms with Gasteiger partial charge in [0.05, 0.1) is 6.10 Å². The van der Waals surface area contributed by atoms with E-state index < -0.39 is 0 Å². The Morgan fingerprint density at radius 2 is 2.07 bits per heavy atom. The van der Waals surface area contributed by atoms with Crippen molar-refractivity contribution in [1.82, 2.24) is 0 Å². The molecule has 84 valence electrons. The number of hydrogen-bond acceptors (Lipinski definition) is 1. The Labute approximate surface area is 88.9 Å². The number of hydrogen-bond donors (Lipinski definition) is 1. The summed E-state index contributed by atoms with van der Waals surface area (Å²) in [4.78, 5) is 0. The summed E-state index contributed by atoms with van der Waals surface area (Å²) in [6, 6.07) is 0. The van der Waals surface area contributed by atoms with Gasteiger partial charge in [0.2, 0.25) is 0 Å². The first-order valence-corrected chi connectivity index (χ1v) is 6.17. The van der Waals surface area contributed by atoms with E-state index in [4.69, 9.17) is 0 Å². The van der Waals surface area contributed by atoms with Crippen molar-refractivity contribution >= 4 is 0 Å². The van der Waals surface area contributed by atoms with Crippen molar-refractivity contribution in [2.24, 2.45) is 17.3 Å². The van der Waals surface area contributed by atoms with Gasteiger partial charge >= 0.3 is 0 Å². The first-order chi connectivity index (χ1) is 6.49. The highest BCUT2D eigenvalue weighted by atomic mass is 16.3. The Balaban J connectivity index is 2.52. The van der Waals surface area contributed by atoms with Crippen LogP contribution in [-0.4, -0.2) is 11.2 Å². The second kappa shape index (κ2) is 4.65. The zero-order chi connectivity index (χ0) is 10.8. The topological polar surface area (TPSA) is 20.2 Å². The molecular weight excluding hydrogens is 172 g/mol. The largest absolute Gasteiger partial charge is 0.393 e. The zero-order valence-corrected chi connectivity index (χ0v) is 10.2. The molecule has 0 spiro atoms. The monoisotopic (exact) mass is 198 g/mol. The third-order valence-electron chi connectivity index (χ3n) is 4.12. The molecule has 1 nitrogen and oxygen atoms in total. The lowest BCUT2D eigenvalue weighted by molar-refractivity contribution is 0.0302. The fourth-order valence-electron chi connectivity index (χ4n) is 2.81. The van der Waals surface area contributed by atoms with E-state index in [2.05, 4.69) is 27.7 Å². The van der Waals surface area contributed by atoms with Gasteiger partial charge in [-0.15, -0.1) is 0 Å². The fourth-order valence-corrected chi connectivity index (χ4v) is 2.81. The maximum Gasteiger partial charge on any atom is 0.0593 e. The summed E-state index contributed by atoms with van der Waals surface area (Å²) < 4.78 is 0.